The molecule has 2 N–H and O–H groups in total. The number of rotatable bonds is 7. The van der Waals surface area contributed by atoms with Crippen LogP contribution >= 0.6 is 11.6 Å². The first-order chi connectivity index (χ1) is 13.7. The number of alkyl halides is 2. The van der Waals surface area contributed by atoms with Gasteiger partial charge in [0.1, 0.15) is 4.90 Å². The van der Waals surface area contributed by atoms with Crippen molar-refractivity contribution in [1.82, 2.24) is 15.0 Å². The summed E-state index contributed by atoms with van der Waals surface area (Å²) in [7, 11) is -2.12. The zero-order valence-electron chi connectivity index (χ0n) is 14.7. The minimum absolute atomic E-state index is 0.0241. The third-order valence-electron chi connectivity index (χ3n) is 3.62. The van der Waals surface area contributed by atoms with Gasteiger partial charge in [0, 0.05) is 11.6 Å². The van der Waals surface area contributed by atoms with E-state index in [1.165, 1.54) is 12.1 Å². The zero-order chi connectivity index (χ0) is 21.3. The number of hydrogen-bond donors (Lipinski definition) is 2. The lowest BCUT2D eigenvalue weighted by atomic mass is 10.2. The summed E-state index contributed by atoms with van der Waals surface area (Å²) >= 11 is 5.69. The van der Waals surface area contributed by atoms with Crippen molar-refractivity contribution in [3.05, 3.63) is 29.2 Å². The van der Waals surface area contributed by atoms with Crippen LogP contribution in [0, 0.1) is 5.82 Å². The Hall–Kier alpha value is -2.93. The average Bonchev–Trinajstić information content (AvgIpc) is 3.10. The maximum absolute atomic E-state index is 14.1. The van der Waals surface area contributed by atoms with Crippen LogP contribution in [0.3, 0.4) is 0 Å². The summed E-state index contributed by atoms with van der Waals surface area (Å²) in [4.78, 5) is 9.56. The van der Waals surface area contributed by atoms with E-state index in [4.69, 9.17) is 21.1 Å². The number of ether oxygens (including phenoxy) is 3. The van der Waals surface area contributed by atoms with Crippen LogP contribution in [-0.2, 0) is 10.0 Å². The van der Waals surface area contributed by atoms with Crippen LogP contribution in [0.25, 0.3) is 10.9 Å². The molecule has 0 aliphatic carbocycles. The van der Waals surface area contributed by atoms with E-state index in [1.54, 1.807) is 0 Å². The Morgan fingerprint density at radius 2 is 1.79 bits per heavy atom. The number of fused-ring (bicyclic) bond motifs is 1. The van der Waals surface area contributed by atoms with Crippen molar-refractivity contribution in [2.75, 3.05) is 18.9 Å². The standard InChI is InChI=1S/C15H12ClF3N4O5S/c1-26-12-11(28-14(18)19)13(27-2)22-15(21-12)23-29(24,25)8-5-20-10-6(8)3-4-7(16)9(10)17/h3-5,14,20H,1-2H3,(H,21,22,23). The number of H-pyrrole nitrogens is 1. The molecule has 1 aromatic carbocycles. The Labute approximate surface area is 166 Å². The lowest BCUT2D eigenvalue weighted by Crippen LogP contribution is -2.16. The Bertz CT molecular complexity index is 1150. The van der Waals surface area contributed by atoms with Crippen LogP contribution in [0.15, 0.2) is 23.2 Å². The summed E-state index contributed by atoms with van der Waals surface area (Å²) < 4.78 is 80.7. The van der Waals surface area contributed by atoms with Crippen molar-refractivity contribution in [1.29, 1.82) is 0 Å². The minimum Gasteiger partial charge on any atom is -0.478 e. The summed E-state index contributed by atoms with van der Waals surface area (Å²) in [6.45, 7) is -3.23. The second kappa shape index (κ2) is 7.83. The number of hydrogen-bond acceptors (Lipinski definition) is 7. The Balaban J connectivity index is 2.04. The second-order valence-electron chi connectivity index (χ2n) is 5.32. The van der Waals surface area contributed by atoms with Gasteiger partial charge in [-0.3, -0.25) is 0 Å². The van der Waals surface area contributed by atoms with Crippen molar-refractivity contribution in [2.45, 2.75) is 11.5 Å². The Morgan fingerprint density at radius 1 is 1.17 bits per heavy atom. The zero-order valence-corrected chi connectivity index (χ0v) is 16.2. The smallest absolute Gasteiger partial charge is 0.387 e. The molecule has 0 amide bonds. The van der Waals surface area contributed by atoms with E-state index in [0.29, 0.717) is 0 Å². The van der Waals surface area contributed by atoms with Gasteiger partial charge in [-0.05, 0) is 12.1 Å². The first-order valence-corrected chi connectivity index (χ1v) is 9.46. The van der Waals surface area contributed by atoms with E-state index in [1.807, 2.05) is 4.72 Å². The van der Waals surface area contributed by atoms with Crippen LogP contribution in [-0.4, -0.2) is 44.2 Å². The fraction of sp³-hybridized carbons (Fsp3) is 0.200. The SMILES string of the molecule is COc1nc(NS(=O)(=O)c2c[nH]c3c(F)c(Cl)ccc23)nc(OC)c1OC(F)F. The van der Waals surface area contributed by atoms with Gasteiger partial charge in [0.25, 0.3) is 21.8 Å². The number of nitrogens with zero attached hydrogens (tertiary/aromatic N) is 2. The maximum Gasteiger partial charge on any atom is 0.387 e. The molecule has 2 aromatic heterocycles. The Kier molecular flexibility index (Phi) is 5.61. The largest absolute Gasteiger partial charge is 0.478 e. The van der Waals surface area contributed by atoms with E-state index in [2.05, 4.69) is 19.7 Å². The normalized spacial score (nSPS) is 11.7. The molecular formula is C15H12ClF3N4O5S. The highest BCUT2D eigenvalue weighted by Crippen LogP contribution is 2.37. The lowest BCUT2D eigenvalue weighted by Gasteiger charge is -2.14. The minimum atomic E-state index is -4.33. The third-order valence-corrected chi connectivity index (χ3v) is 5.28. The molecule has 3 rings (SSSR count). The van der Waals surface area contributed by atoms with Crippen molar-refractivity contribution < 1.29 is 35.8 Å². The lowest BCUT2D eigenvalue weighted by molar-refractivity contribution is -0.0533. The molecule has 0 bridgehead atoms. The molecule has 0 atom stereocenters. The van der Waals surface area contributed by atoms with E-state index >= 15 is 0 Å². The van der Waals surface area contributed by atoms with Gasteiger partial charge in [-0.2, -0.15) is 18.7 Å². The molecule has 0 aliphatic rings. The fourth-order valence-electron chi connectivity index (χ4n) is 2.43. The van der Waals surface area contributed by atoms with Crippen LogP contribution in [0.5, 0.6) is 17.5 Å². The van der Waals surface area contributed by atoms with Crippen LogP contribution < -0.4 is 18.9 Å². The van der Waals surface area contributed by atoms with Gasteiger partial charge in [-0.15, -0.1) is 0 Å². The van der Waals surface area contributed by atoms with Gasteiger partial charge in [0.15, 0.2) is 5.82 Å². The number of anilines is 1. The average molecular weight is 453 g/mol. The van der Waals surface area contributed by atoms with Gasteiger partial charge >= 0.3 is 6.61 Å². The molecule has 0 unspecified atom stereocenters. The molecule has 29 heavy (non-hydrogen) atoms. The third kappa shape index (κ3) is 3.96. The fourth-order valence-corrected chi connectivity index (χ4v) is 3.71. The van der Waals surface area contributed by atoms with Crippen molar-refractivity contribution in [2.24, 2.45) is 0 Å². The molecule has 0 spiro atoms. The molecule has 0 fully saturated rings. The number of benzene rings is 1. The highest BCUT2D eigenvalue weighted by Gasteiger charge is 2.26. The number of sulfonamides is 1. The van der Waals surface area contributed by atoms with E-state index in [0.717, 1.165) is 20.4 Å². The predicted molar refractivity (Wildman–Crippen MR) is 95.8 cm³/mol. The first kappa shape index (κ1) is 20.8. The highest BCUT2D eigenvalue weighted by molar-refractivity contribution is 7.93. The van der Waals surface area contributed by atoms with Crippen molar-refractivity contribution in [3.63, 3.8) is 0 Å². The Morgan fingerprint density at radius 3 is 2.34 bits per heavy atom. The molecule has 3 aromatic rings. The summed E-state index contributed by atoms with van der Waals surface area (Å²) in [5.41, 5.74) is -0.116. The number of aromatic amines is 1. The van der Waals surface area contributed by atoms with Crippen molar-refractivity contribution >= 4 is 38.5 Å². The highest BCUT2D eigenvalue weighted by atomic mass is 35.5. The predicted octanol–water partition coefficient (Wildman–Crippen LogP) is 3.17. The molecular weight excluding hydrogens is 441 g/mol. The van der Waals surface area contributed by atoms with Gasteiger partial charge < -0.3 is 19.2 Å². The van der Waals surface area contributed by atoms with Crippen molar-refractivity contribution in [3.8, 4) is 17.5 Å². The quantitative estimate of drug-likeness (QED) is 0.565. The molecule has 9 nitrogen and oxygen atoms in total. The van der Waals surface area contributed by atoms with E-state index in [9.17, 15) is 21.6 Å². The van der Waals surface area contributed by atoms with Gasteiger partial charge in [-0.1, -0.05) is 11.6 Å². The monoisotopic (exact) mass is 452 g/mol. The van der Waals surface area contributed by atoms with Crippen LogP contribution in [0.4, 0.5) is 19.1 Å². The van der Waals surface area contributed by atoms with Gasteiger partial charge in [0.2, 0.25) is 11.7 Å². The van der Waals surface area contributed by atoms with Gasteiger partial charge in [-0.25, -0.2) is 17.5 Å². The summed E-state index contributed by atoms with van der Waals surface area (Å²) in [6.07, 6.45) is 1.05. The first-order valence-electron chi connectivity index (χ1n) is 7.60. The molecule has 156 valence electrons. The van der Waals surface area contributed by atoms with Crippen LogP contribution in [0.2, 0.25) is 5.02 Å². The number of halogens is 4. The summed E-state index contributed by atoms with van der Waals surface area (Å²) in [5, 5.41) is -0.167. The van der Waals surface area contributed by atoms with E-state index in [-0.39, 0.29) is 20.8 Å². The topological polar surface area (TPSA) is 115 Å². The maximum atomic E-state index is 14.1. The molecule has 0 saturated heterocycles. The molecule has 0 radical (unpaired) electrons. The van der Waals surface area contributed by atoms with Gasteiger partial charge in [0.05, 0.1) is 24.8 Å². The molecule has 2 heterocycles. The molecule has 14 heteroatoms. The summed E-state index contributed by atoms with van der Waals surface area (Å²) in [5.74, 6) is -2.97. The van der Waals surface area contributed by atoms with E-state index < -0.39 is 45.9 Å². The second-order valence-corrected chi connectivity index (χ2v) is 7.37. The molecule has 0 saturated carbocycles. The summed E-state index contributed by atoms with van der Waals surface area (Å²) in [6, 6.07) is 2.51. The number of methoxy groups -OCH3 is 2. The van der Waals surface area contributed by atoms with Crippen LogP contribution in [0.1, 0.15) is 0 Å². The number of aromatic nitrogens is 3. The number of nitrogens with one attached hydrogen (secondary N) is 2. The molecule has 0 aliphatic heterocycles.